The van der Waals surface area contributed by atoms with Gasteiger partial charge < -0.3 is 14.8 Å². The minimum absolute atomic E-state index is 0.310. The second kappa shape index (κ2) is 10.8. The van der Waals surface area contributed by atoms with Crippen LogP contribution < -0.4 is 5.32 Å². The molecule has 9 heteroatoms. The van der Waals surface area contributed by atoms with E-state index >= 15 is 0 Å². The van der Waals surface area contributed by atoms with Gasteiger partial charge in [-0.05, 0) is 31.7 Å². The summed E-state index contributed by atoms with van der Waals surface area (Å²) in [7, 11) is 0. The zero-order chi connectivity index (χ0) is 22.6. The van der Waals surface area contributed by atoms with Crippen molar-refractivity contribution in [2.24, 2.45) is 0 Å². The van der Waals surface area contributed by atoms with Crippen LogP contribution in [0.3, 0.4) is 0 Å². The van der Waals surface area contributed by atoms with Gasteiger partial charge >= 0.3 is 0 Å². The molecule has 0 aliphatic carbocycles. The Bertz CT molecular complexity index is 1030. The van der Waals surface area contributed by atoms with Crippen LogP contribution in [0.2, 0.25) is 0 Å². The fourth-order valence-electron chi connectivity index (χ4n) is 4.73. The maximum Gasteiger partial charge on any atom is 0.146 e. The normalized spacial score (nSPS) is 22.7. The van der Waals surface area contributed by atoms with E-state index in [0.29, 0.717) is 12.2 Å². The van der Waals surface area contributed by atoms with E-state index in [9.17, 15) is 0 Å². The fraction of sp³-hybridized carbons (Fsp3) is 0.583. The Hall–Kier alpha value is -1.62. The number of ether oxygens (including phenoxy) is 2. The van der Waals surface area contributed by atoms with Gasteiger partial charge in [-0.25, -0.2) is 9.97 Å². The van der Waals surface area contributed by atoms with Crippen molar-refractivity contribution in [1.29, 1.82) is 0 Å². The highest BCUT2D eigenvalue weighted by Crippen LogP contribution is 2.39. The highest BCUT2D eigenvalue weighted by Gasteiger charge is 2.22. The summed E-state index contributed by atoms with van der Waals surface area (Å²) < 4.78 is 11.4. The lowest BCUT2D eigenvalue weighted by Gasteiger charge is -2.35. The lowest BCUT2D eigenvalue weighted by Crippen LogP contribution is -2.45. The minimum atomic E-state index is 0.310. The van der Waals surface area contributed by atoms with E-state index in [1.165, 1.54) is 10.4 Å². The molecule has 33 heavy (non-hydrogen) atoms. The number of aromatic nitrogens is 2. The molecule has 0 spiro atoms. The van der Waals surface area contributed by atoms with Crippen molar-refractivity contribution in [3.63, 3.8) is 0 Å². The van der Waals surface area contributed by atoms with E-state index in [4.69, 9.17) is 19.4 Å². The molecule has 178 valence electrons. The van der Waals surface area contributed by atoms with Crippen LogP contribution in [0.1, 0.15) is 26.1 Å². The van der Waals surface area contributed by atoms with Crippen molar-refractivity contribution in [1.82, 2.24) is 19.8 Å². The average molecular weight is 488 g/mol. The topological polar surface area (TPSA) is 62.8 Å². The molecule has 2 fully saturated rings. The smallest absolute Gasteiger partial charge is 0.146 e. The first-order valence-electron chi connectivity index (χ1n) is 11.9. The Labute approximate surface area is 203 Å². The van der Waals surface area contributed by atoms with Crippen LogP contribution in [0.25, 0.3) is 20.7 Å². The Balaban J connectivity index is 1.32. The summed E-state index contributed by atoms with van der Waals surface area (Å²) in [6.45, 7) is 12.5. The molecule has 0 bridgehead atoms. The SMILES string of the molecule is CC1CN(CCCNc2nc(CN3CCOCC3)nc3scc(-c4cccs4)c23)CC(C)O1. The molecule has 2 atom stereocenters. The van der Waals surface area contributed by atoms with E-state index in [1.54, 1.807) is 22.7 Å². The molecule has 0 aromatic carbocycles. The first-order valence-corrected chi connectivity index (χ1v) is 13.7. The van der Waals surface area contributed by atoms with E-state index < -0.39 is 0 Å². The van der Waals surface area contributed by atoms with Crippen molar-refractivity contribution < 1.29 is 9.47 Å². The van der Waals surface area contributed by atoms with Gasteiger partial charge in [-0.1, -0.05) is 6.07 Å². The number of rotatable bonds is 8. The number of nitrogens with zero attached hydrogens (tertiary/aromatic N) is 4. The van der Waals surface area contributed by atoms with Gasteiger partial charge in [-0.2, -0.15) is 0 Å². The lowest BCUT2D eigenvalue weighted by molar-refractivity contribution is -0.0678. The van der Waals surface area contributed by atoms with Crippen molar-refractivity contribution in [3.8, 4) is 10.4 Å². The summed E-state index contributed by atoms with van der Waals surface area (Å²) in [5.41, 5.74) is 1.24. The van der Waals surface area contributed by atoms with Gasteiger partial charge in [-0.3, -0.25) is 9.80 Å². The van der Waals surface area contributed by atoms with Crippen LogP contribution in [-0.2, 0) is 16.0 Å². The number of hydrogen-bond acceptors (Lipinski definition) is 9. The molecule has 3 aromatic heterocycles. The van der Waals surface area contributed by atoms with Crippen molar-refractivity contribution in [2.45, 2.75) is 39.0 Å². The van der Waals surface area contributed by atoms with Crippen LogP contribution in [0.5, 0.6) is 0 Å². The van der Waals surface area contributed by atoms with Crippen molar-refractivity contribution in [3.05, 3.63) is 28.7 Å². The van der Waals surface area contributed by atoms with Gasteiger partial charge in [0, 0.05) is 55.1 Å². The maximum atomic E-state index is 5.87. The molecule has 2 unspecified atom stereocenters. The third-order valence-corrected chi connectivity index (χ3v) is 7.95. The Morgan fingerprint density at radius 2 is 1.91 bits per heavy atom. The number of anilines is 1. The molecule has 0 radical (unpaired) electrons. The van der Waals surface area contributed by atoms with Crippen LogP contribution in [0.4, 0.5) is 5.82 Å². The quantitative estimate of drug-likeness (QED) is 0.479. The maximum absolute atomic E-state index is 5.87. The second-order valence-corrected chi connectivity index (χ2v) is 10.8. The summed E-state index contributed by atoms with van der Waals surface area (Å²) in [6, 6.07) is 4.28. The standard InChI is InChI=1S/C24H33N5O2S2/c1-17-13-29(14-18(2)31-17)7-4-6-25-23-22-19(20-5-3-12-32-20)16-33-24(22)27-21(26-23)15-28-8-10-30-11-9-28/h3,5,12,16-18H,4,6-11,13-15H2,1-2H3,(H,25,26,27). The molecular weight excluding hydrogens is 454 g/mol. The molecule has 2 aliphatic heterocycles. The largest absolute Gasteiger partial charge is 0.379 e. The summed E-state index contributed by atoms with van der Waals surface area (Å²) in [6.07, 6.45) is 1.69. The number of thiophene rings is 2. The first kappa shape index (κ1) is 23.1. The van der Waals surface area contributed by atoms with Crippen molar-refractivity contribution in [2.75, 3.05) is 57.8 Å². The molecule has 5 rings (SSSR count). The van der Waals surface area contributed by atoms with Gasteiger partial charge in [0.15, 0.2) is 0 Å². The molecule has 0 amide bonds. The zero-order valence-electron chi connectivity index (χ0n) is 19.5. The highest BCUT2D eigenvalue weighted by molar-refractivity contribution is 7.18. The Kier molecular flexibility index (Phi) is 7.54. The van der Waals surface area contributed by atoms with Crippen LogP contribution in [-0.4, -0.2) is 84.5 Å². The van der Waals surface area contributed by atoms with Crippen LogP contribution in [0, 0.1) is 0 Å². The minimum Gasteiger partial charge on any atom is -0.379 e. The molecule has 2 saturated heterocycles. The fourth-order valence-corrected chi connectivity index (χ4v) is 6.51. The second-order valence-electron chi connectivity index (χ2n) is 8.98. The lowest BCUT2D eigenvalue weighted by atomic mass is 10.2. The number of morpholine rings is 2. The van der Waals surface area contributed by atoms with Gasteiger partial charge in [0.2, 0.25) is 0 Å². The molecule has 0 saturated carbocycles. The number of hydrogen-bond donors (Lipinski definition) is 1. The van der Waals surface area contributed by atoms with Crippen LogP contribution >= 0.6 is 22.7 Å². The zero-order valence-corrected chi connectivity index (χ0v) is 21.1. The van der Waals surface area contributed by atoms with E-state index in [2.05, 4.69) is 51.9 Å². The van der Waals surface area contributed by atoms with Gasteiger partial charge in [0.25, 0.3) is 0 Å². The summed E-state index contributed by atoms with van der Waals surface area (Å²) in [4.78, 5) is 17.2. The highest BCUT2D eigenvalue weighted by atomic mass is 32.1. The molecule has 5 heterocycles. The summed E-state index contributed by atoms with van der Waals surface area (Å²) >= 11 is 3.48. The van der Waals surface area contributed by atoms with Gasteiger partial charge in [0.1, 0.15) is 16.5 Å². The van der Waals surface area contributed by atoms with Crippen LogP contribution in [0.15, 0.2) is 22.9 Å². The molecule has 2 aliphatic rings. The molecule has 3 aromatic rings. The molecular formula is C24H33N5O2S2. The predicted molar refractivity (Wildman–Crippen MR) is 136 cm³/mol. The third kappa shape index (κ3) is 5.72. The monoisotopic (exact) mass is 487 g/mol. The van der Waals surface area contributed by atoms with E-state index in [-0.39, 0.29) is 0 Å². The van der Waals surface area contributed by atoms with Crippen molar-refractivity contribution >= 4 is 38.7 Å². The Morgan fingerprint density at radius 3 is 2.67 bits per heavy atom. The number of fused-ring (bicyclic) bond motifs is 1. The van der Waals surface area contributed by atoms with Gasteiger partial charge in [0.05, 0.1) is 37.4 Å². The van der Waals surface area contributed by atoms with Gasteiger partial charge in [-0.15, -0.1) is 22.7 Å². The first-order chi connectivity index (χ1) is 16.2. The average Bonchev–Trinajstić information content (AvgIpc) is 3.46. The van der Waals surface area contributed by atoms with E-state index in [1.807, 2.05) is 0 Å². The predicted octanol–water partition coefficient (Wildman–Crippen LogP) is 4.16. The molecule has 1 N–H and O–H groups in total. The summed E-state index contributed by atoms with van der Waals surface area (Å²) in [5, 5.41) is 9.19. The number of nitrogens with one attached hydrogen (secondary N) is 1. The Morgan fingerprint density at radius 1 is 1.09 bits per heavy atom. The summed E-state index contributed by atoms with van der Waals surface area (Å²) in [5.74, 6) is 1.86. The third-order valence-electron chi connectivity index (χ3n) is 6.17. The molecule has 7 nitrogen and oxygen atoms in total. The van der Waals surface area contributed by atoms with E-state index in [0.717, 1.165) is 87.3 Å².